The quantitative estimate of drug-likeness (QED) is 0.820. The van der Waals surface area contributed by atoms with Crippen LogP contribution in [-0.2, 0) is 16.0 Å². The first-order valence-corrected chi connectivity index (χ1v) is 7.19. The largest absolute Gasteiger partial charge is 0.496 e. The van der Waals surface area contributed by atoms with E-state index in [1.165, 1.54) is 0 Å². The van der Waals surface area contributed by atoms with Crippen LogP contribution in [0, 0.1) is 0 Å². The molecule has 0 saturated heterocycles. The average Bonchev–Trinajstić information content (AvgIpc) is 2.90. The van der Waals surface area contributed by atoms with E-state index in [0.29, 0.717) is 6.54 Å². The number of nitrogens with one attached hydrogen (secondary N) is 1. The van der Waals surface area contributed by atoms with E-state index in [2.05, 4.69) is 4.98 Å². The number of carbonyl (C=O) groups excluding carboxylic acids is 1. The second-order valence-electron chi connectivity index (χ2n) is 4.99. The molecular formula is C16H20N2O4. The van der Waals surface area contributed by atoms with Gasteiger partial charge in [-0.1, -0.05) is 6.07 Å². The molecule has 2 N–H and O–H groups in total. The molecule has 0 fully saturated rings. The molecule has 0 unspecified atom stereocenters. The molecule has 6 nitrogen and oxygen atoms in total. The van der Waals surface area contributed by atoms with E-state index in [9.17, 15) is 9.59 Å². The third-order valence-electron chi connectivity index (χ3n) is 3.64. The maximum Gasteiger partial charge on any atom is 0.305 e. The molecule has 2 rings (SSSR count). The fraction of sp³-hybridized carbons (Fsp3) is 0.375. The number of H-pyrrole nitrogens is 1. The average molecular weight is 304 g/mol. The molecule has 0 bridgehead atoms. The van der Waals surface area contributed by atoms with Gasteiger partial charge in [-0.25, -0.2) is 0 Å². The lowest BCUT2D eigenvalue weighted by molar-refractivity contribution is -0.138. The topological polar surface area (TPSA) is 82.6 Å². The van der Waals surface area contributed by atoms with Gasteiger partial charge in [0.2, 0.25) is 5.91 Å². The number of methoxy groups -OCH3 is 1. The number of amides is 1. The number of carboxylic acids is 1. The van der Waals surface area contributed by atoms with Gasteiger partial charge in [-0.15, -0.1) is 0 Å². The number of nitrogens with zero attached hydrogens (tertiary/aromatic N) is 1. The van der Waals surface area contributed by atoms with Gasteiger partial charge in [0.15, 0.2) is 0 Å². The molecule has 1 aromatic heterocycles. The fourth-order valence-corrected chi connectivity index (χ4v) is 2.49. The van der Waals surface area contributed by atoms with E-state index in [1.807, 2.05) is 25.1 Å². The predicted molar refractivity (Wildman–Crippen MR) is 83.1 cm³/mol. The smallest absolute Gasteiger partial charge is 0.305 e. The van der Waals surface area contributed by atoms with Gasteiger partial charge in [0.1, 0.15) is 5.75 Å². The molecule has 0 aliphatic heterocycles. The van der Waals surface area contributed by atoms with Crippen LogP contribution in [0.15, 0.2) is 24.4 Å². The monoisotopic (exact) mass is 304 g/mol. The second kappa shape index (κ2) is 6.98. The molecule has 1 aromatic carbocycles. The van der Waals surface area contributed by atoms with Crippen LogP contribution < -0.4 is 4.74 Å². The molecule has 2 aromatic rings. The summed E-state index contributed by atoms with van der Waals surface area (Å²) in [5, 5.41) is 9.64. The summed E-state index contributed by atoms with van der Waals surface area (Å²) in [6, 6.07) is 5.66. The lowest BCUT2D eigenvalue weighted by Crippen LogP contribution is -2.33. The molecule has 0 aliphatic rings. The molecule has 1 amide bonds. The highest BCUT2D eigenvalue weighted by molar-refractivity contribution is 5.93. The Labute approximate surface area is 128 Å². The minimum atomic E-state index is -0.903. The summed E-state index contributed by atoms with van der Waals surface area (Å²) in [5.74, 6) is -0.272. The van der Waals surface area contributed by atoms with Crippen LogP contribution in [0.3, 0.4) is 0 Å². The summed E-state index contributed by atoms with van der Waals surface area (Å²) < 4.78 is 5.35. The normalized spacial score (nSPS) is 10.6. The minimum absolute atomic E-state index is 0.0449. The van der Waals surface area contributed by atoms with Crippen molar-refractivity contribution in [2.24, 2.45) is 0 Å². The van der Waals surface area contributed by atoms with Crippen LogP contribution >= 0.6 is 0 Å². The van der Waals surface area contributed by atoms with Gasteiger partial charge < -0.3 is 19.7 Å². The van der Waals surface area contributed by atoms with Crippen LogP contribution in [0.5, 0.6) is 5.75 Å². The summed E-state index contributed by atoms with van der Waals surface area (Å²) in [6.07, 6.45) is 1.97. The van der Waals surface area contributed by atoms with Gasteiger partial charge in [0, 0.05) is 30.2 Å². The molecule has 0 radical (unpaired) electrons. The molecule has 0 saturated carbocycles. The highest BCUT2D eigenvalue weighted by atomic mass is 16.5. The summed E-state index contributed by atoms with van der Waals surface area (Å²) in [6.45, 7) is 2.56. The maximum atomic E-state index is 12.4. The van der Waals surface area contributed by atoms with Crippen molar-refractivity contribution in [2.45, 2.75) is 19.8 Å². The molecule has 0 spiro atoms. The number of aromatic nitrogens is 1. The van der Waals surface area contributed by atoms with E-state index >= 15 is 0 Å². The zero-order valence-corrected chi connectivity index (χ0v) is 12.8. The maximum absolute atomic E-state index is 12.4. The van der Waals surface area contributed by atoms with Crippen molar-refractivity contribution >= 4 is 22.8 Å². The number of hydrogen-bond donors (Lipinski definition) is 2. The number of ether oxygens (including phenoxy) is 1. The van der Waals surface area contributed by atoms with Crippen LogP contribution in [0.2, 0.25) is 0 Å². The van der Waals surface area contributed by atoms with Crippen LogP contribution in [0.25, 0.3) is 10.9 Å². The molecule has 1 heterocycles. The number of rotatable bonds is 7. The Balaban J connectivity index is 2.19. The Morgan fingerprint density at radius 3 is 2.77 bits per heavy atom. The first-order chi connectivity index (χ1) is 10.6. The Hall–Kier alpha value is -2.50. The van der Waals surface area contributed by atoms with E-state index < -0.39 is 5.97 Å². The van der Waals surface area contributed by atoms with Crippen molar-refractivity contribution in [3.63, 3.8) is 0 Å². The van der Waals surface area contributed by atoms with Gasteiger partial charge in [-0.05, 0) is 24.6 Å². The van der Waals surface area contributed by atoms with Crippen LogP contribution in [-0.4, -0.2) is 47.1 Å². The van der Waals surface area contributed by atoms with Crippen molar-refractivity contribution in [3.05, 3.63) is 30.0 Å². The van der Waals surface area contributed by atoms with Crippen molar-refractivity contribution in [2.75, 3.05) is 20.2 Å². The van der Waals surface area contributed by atoms with Gasteiger partial charge in [-0.3, -0.25) is 9.59 Å². The SMILES string of the molecule is CCN(CCC(=O)O)C(=O)Cc1c[nH]c2cccc(OC)c12. The Bertz CT molecular complexity index is 678. The van der Waals surface area contributed by atoms with Gasteiger partial charge >= 0.3 is 5.97 Å². The van der Waals surface area contributed by atoms with Crippen LogP contribution in [0.1, 0.15) is 18.9 Å². The number of fused-ring (bicyclic) bond motifs is 1. The Morgan fingerprint density at radius 2 is 2.14 bits per heavy atom. The van der Waals surface area contributed by atoms with Gasteiger partial charge in [-0.2, -0.15) is 0 Å². The summed E-state index contributed by atoms with van der Waals surface area (Å²) >= 11 is 0. The number of carbonyl (C=O) groups is 2. The van der Waals surface area contributed by atoms with E-state index in [1.54, 1.807) is 18.2 Å². The number of likely N-dealkylation sites (N-methyl/N-ethyl adjacent to an activating group) is 1. The lowest BCUT2D eigenvalue weighted by atomic mass is 10.1. The zero-order valence-electron chi connectivity index (χ0n) is 12.8. The minimum Gasteiger partial charge on any atom is -0.496 e. The van der Waals surface area contributed by atoms with Gasteiger partial charge in [0.25, 0.3) is 0 Å². The van der Waals surface area contributed by atoms with Crippen molar-refractivity contribution < 1.29 is 19.4 Å². The first kappa shape index (κ1) is 15.9. The lowest BCUT2D eigenvalue weighted by Gasteiger charge is -2.19. The molecule has 118 valence electrons. The number of carboxylic acid groups (broad SMARTS) is 1. The van der Waals surface area contributed by atoms with E-state index in [4.69, 9.17) is 9.84 Å². The highest BCUT2D eigenvalue weighted by Crippen LogP contribution is 2.29. The number of aliphatic carboxylic acids is 1. The predicted octanol–water partition coefficient (Wildman–Crippen LogP) is 2.04. The standard InChI is InChI=1S/C16H20N2O4/c1-3-18(8-7-15(20)21)14(19)9-11-10-17-12-5-4-6-13(22-2)16(11)12/h4-6,10,17H,3,7-9H2,1-2H3,(H,20,21). The Morgan fingerprint density at radius 1 is 1.36 bits per heavy atom. The zero-order chi connectivity index (χ0) is 16.1. The second-order valence-corrected chi connectivity index (χ2v) is 4.99. The summed E-state index contributed by atoms with van der Waals surface area (Å²) in [4.78, 5) is 27.7. The molecule has 6 heteroatoms. The number of aromatic amines is 1. The first-order valence-electron chi connectivity index (χ1n) is 7.19. The number of benzene rings is 1. The Kier molecular flexibility index (Phi) is 5.04. The molecule has 0 atom stereocenters. The molecule has 22 heavy (non-hydrogen) atoms. The fourth-order valence-electron chi connectivity index (χ4n) is 2.49. The van der Waals surface area contributed by atoms with Crippen molar-refractivity contribution in [1.29, 1.82) is 0 Å². The van der Waals surface area contributed by atoms with Gasteiger partial charge in [0.05, 0.1) is 20.0 Å². The summed E-state index contributed by atoms with van der Waals surface area (Å²) in [7, 11) is 1.60. The summed E-state index contributed by atoms with van der Waals surface area (Å²) in [5.41, 5.74) is 1.77. The molecular weight excluding hydrogens is 284 g/mol. The molecule has 0 aliphatic carbocycles. The third kappa shape index (κ3) is 3.39. The van der Waals surface area contributed by atoms with Crippen molar-refractivity contribution in [3.8, 4) is 5.75 Å². The van der Waals surface area contributed by atoms with E-state index in [-0.39, 0.29) is 25.3 Å². The highest BCUT2D eigenvalue weighted by Gasteiger charge is 2.17. The van der Waals surface area contributed by atoms with Crippen LogP contribution in [0.4, 0.5) is 0 Å². The van der Waals surface area contributed by atoms with E-state index in [0.717, 1.165) is 22.2 Å². The van der Waals surface area contributed by atoms with Crippen molar-refractivity contribution in [1.82, 2.24) is 9.88 Å². The third-order valence-corrected chi connectivity index (χ3v) is 3.64. The number of hydrogen-bond acceptors (Lipinski definition) is 3.